The lowest BCUT2D eigenvalue weighted by Gasteiger charge is -2.17. The number of hydrogen-bond acceptors (Lipinski definition) is 6. The van der Waals surface area contributed by atoms with Crippen LogP contribution < -0.4 is 19.7 Å². The van der Waals surface area contributed by atoms with Gasteiger partial charge in [0.25, 0.3) is 5.91 Å². The van der Waals surface area contributed by atoms with Crippen molar-refractivity contribution in [1.29, 1.82) is 0 Å². The number of ether oxygens (including phenoxy) is 3. The first-order valence-corrected chi connectivity index (χ1v) is 10.1. The summed E-state index contributed by atoms with van der Waals surface area (Å²) >= 11 is 5.94. The number of halogens is 1. The van der Waals surface area contributed by atoms with E-state index in [0.29, 0.717) is 34.5 Å². The van der Waals surface area contributed by atoms with Gasteiger partial charge in [0.1, 0.15) is 11.5 Å². The van der Waals surface area contributed by atoms with Crippen molar-refractivity contribution in [3.8, 4) is 11.5 Å². The fourth-order valence-electron chi connectivity index (χ4n) is 3.22. The number of carbonyl (C=O) groups excluding carboxylic acids is 3. The molecule has 2 aromatic carbocycles. The van der Waals surface area contributed by atoms with E-state index in [1.54, 1.807) is 36.4 Å². The fourth-order valence-corrected chi connectivity index (χ4v) is 3.39. The van der Waals surface area contributed by atoms with Gasteiger partial charge in [-0.25, -0.2) is 0 Å². The molecule has 1 aliphatic rings. The zero-order chi connectivity index (χ0) is 22.4. The highest BCUT2D eigenvalue weighted by molar-refractivity contribution is 6.31. The predicted octanol–water partition coefficient (Wildman–Crippen LogP) is 3.28. The van der Waals surface area contributed by atoms with Crippen molar-refractivity contribution in [1.82, 2.24) is 0 Å². The molecule has 0 aromatic heterocycles. The molecular formula is C22H23ClN2O6. The minimum atomic E-state index is -0.646. The first kappa shape index (κ1) is 22.4. The third-order valence-corrected chi connectivity index (χ3v) is 4.93. The Morgan fingerprint density at radius 3 is 2.61 bits per heavy atom. The van der Waals surface area contributed by atoms with Gasteiger partial charge in [0.05, 0.1) is 25.3 Å². The number of nitrogens with one attached hydrogen (secondary N) is 1. The normalized spacial score (nSPS) is 15.5. The van der Waals surface area contributed by atoms with Crippen molar-refractivity contribution in [3.63, 3.8) is 0 Å². The minimum absolute atomic E-state index is 0.0236. The standard InChI is InChI=1S/C22H23ClN2O6/c1-3-30-17-7-5-16(6-8-17)25-12-14(10-21(25)27)22(28)31-13-20(26)24-18-11-15(23)4-9-19(18)29-2/h4-9,11,14H,3,10,12-13H2,1-2H3,(H,24,26). The topological polar surface area (TPSA) is 94.2 Å². The molecule has 31 heavy (non-hydrogen) atoms. The van der Waals surface area contributed by atoms with E-state index in [2.05, 4.69) is 5.32 Å². The van der Waals surface area contributed by atoms with Gasteiger partial charge in [-0.1, -0.05) is 11.6 Å². The van der Waals surface area contributed by atoms with Crippen LogP contribution in [0.15, 0.2) is 42.5 Å². The molecule has 8 nitrogen and oxygen atoms in total. The highest BCUT2D eigenvalue weighted by atomic mass is 35.5. The highest BCUT2D eigenvalue weighted by Crippen LogP contribution is 2.29. The van der Waals surface area contributed by atoms with Crippen LogP contribution in [0.5, 0.6) is 11.5 Å². The number of anilines is 2. The van der Waals surface area contributed by atoms with Gasteiger partial charge in [-0.05, 0) is 49.4 Å². The summed E-state index contributed by atoms with van der Waals surface area (Å²) < 4.78 is 15.7. The molecule has 1 heterocycles. The highest BCUT2D eigenvalue weighted by Gasteiger charge is 2.36. The van der Waals surface area contributed by atoms with Gasteiger partial charge in [0.2, 0.25) is 5.91 Å². The zero-order valence-electron chi connectivity index (χ0n) is 17.2. The van der Waals surface area contributed by atoms with E-state index in [-0.39, 0.29) is 18.9 Å². The maximum Gasteiger partial charge on any atom is 0.311 e. The summed E-state index contributed by atoms with van der Waals surface area (Å²) in [7, 11) is 1.46. The molecule has 2 amide bonds. The van der Waals surface area contributed by atoms with E-state index >= 15 is 0 Å². The summed E-state index contributed by atoms with van der Waals surface area (Å²) in [5, 5.41) is 3.02. The smallest absolute Gasteiger partial charge is 0.311 e. The molecule has 0 aliphatic carbocycles. The van der Waals surface area contributed by atoms with Crippen LogP contribution in [0.3, 0.4) is 0 Å². The predicted molar refractivity (Wildman–Crippen MR) is 116 cm³/mol. The van der Waals surface area contributed by atoms with E-state index < -0.39 is 24.4 Å². The second-order valence-electron chi connectivity index (χ2n) is 6.83. The average molecular weight is 447 g/mol. The third kappa shape index (κ3) is 5.67. The molecule has 9 heteroatoms. The van der Waals surface area contributed by atoms with Crippen LogP contribution in [0.1, 0.15) is 13.3 Å². The van der Waals surface area contributed by atoms with Crippen molar-refractivity contribution in [2.45, 2.75) is 13.3 Å². The van der Waals surface area contributed by atoms with Crippen molar-refractivity contribution < 1.29 is 28.6 Å². The van der Waals surface area contributed by atoms with Crippen LogP contribution in [0.2, 0.25) is 5.02 Å². The molecule has 1 N–H and O–H groups in total. The molecular weight excluding hydrogens is 424 g/mol. The van der Waals surface area contributed by atoms with Crippen LogP contribution in [-0.2, 0) is 19.1 Å². The Morgan fingerprint density at radius 2 is 1.94 bits per heavy atom. The molecule has 3 rings (SSSR count). The molecule has 1 unspecified atom stereocenters. The van der Waals surface area contributed by atoms with Crippen molar-refractivity contribution in [3.05, 3.63) is 47.5 Å². The van der Waals surface area contributed by atoms with E-state index in [9.17, 15) is 14.4 Å². The van der Waals surface area contributed by atoms with Gasteiger partial charge in [-0.2, -0.15) is 0 Å². The Balaban J connectivity index is 1.53. The summed E-state index contributed by atoms with van der Waals surface area (Å²) in [5.74, 6) is -0.837. The number of amides is 2. The number of benzene rings is 2. The van der Waals surface area contributed by atoms with Crippen LogP contribution >= 0.6 is 11.6 Å². The van der Waals surface area contributed by atoms with E-state index in [4.69, 9.17) is 25.8 Å². The molecule has 164 valence electrons. The Morgan fingerprint density at radius 1 is 1.19 bits per heavy atom. The second-order valence-corrected chi connectivity index (χ2v) is 7.27. The molecule has 0 radical (unpaired) electrons. The Bertz CT molecular complexity index is 963. The van der Waals surface area contributed by atoms with Crippen molar-refractivity contribution in [2.75, 3.05) is 37.1 Å². The van der Waals surface area contributed by atoms with Crippen molar-refractivity contribution >= 4 is 40.8 Å². The lowest BCUT2D eigenvalue weighted by molar-refractivity contribution is -0.151. The summed E-state index contributed by atoms with van der Waals surface area (Å²) in [5.41, 5.74) is 1.04. The Hall–Kier alpha value is -3.26. The molecule has 0 spiro atoms. The van der Waals surface area contributed by atoms with E-state index in [1.165, 1.54) is 18.1 Å². The lowest BCUT2D eigenvalue weighted by Crippen LogP contribution is -2.28. The van der Waals surface area contributed by atoms with E-state index in [0.717, 1.165) is 0 Å². The summed E-state index contributed by atoms with van der Waals surface area (Å²) in [6.07, 6.45) is 0.0236. The van der Waals surface area contributed by atoms with Crippen LogP contribution in [0, 0.1) is 5.92 Å². The van der Waals surface area contributed by atoms with Gasteiger partial charge in [-0.15, -0.1) is 0 Å². The fraction of sp³-hybridized carbons (Fsp3) is 0.318. The summed E-state index contributed by atoms with van der Waals surface area (Å²) in [6.45, 7) is 2.14. The van der Waals surface area contributed by atoms with Gasteiger partial charge >= 0.3 is 5.97 Å². The molecule has 0 saturated carbocycles. The van der Waals surface area contributed by atoms with Crippen LogP contribution in [0.25, 0.3) is 0 Å². The number of methoxy groups -OCH3 is 1. The first-order valence-electron chi connectivity index (χ1n) is 9.74. The van der Waals surface area contributed by atoms with Gasteiger partial charge in [-0.3, -0.25) is 14.4 Å². The van der Waals surface area contributed by atoms with Crippen LogP contribution in [-0.4, -0.2) is 44.7 Å². The largest absolute Gasteiger partial charge is 0.495 e. The number of nitrogens with zero attached hydrogens (tertiary/aromatic N) is 1. The number of carbonyl (C=O) groups is 3. The molecule has 2 aromatic rings. The number of hydrogen-bond donors (Lipinski definition) is 1. The molecule has 1 atom stereocenters. The monoisotopic (exact) mass is 446 g/mol. The summed E-state index contributed by atoms with van der Waals surface area (Å²) in [6, 6.07) is 11.8. The molecule has 0 bridgehead atoms. The van der Waals surface area contributed by atoms with Gasteiger partial charge in [0.15, 0.2) is 6.61 Å². The van der Waals surface area contributed by atoms with Gasteiger partial charge < -0.3 is 24.4 Å². The maximum atomic E-state index is 12.4. The lowest BCUT2D eigenvalue weighted by atomic mass is 10.1. The second kappa shape index (κ2) is 10.2. The van der Waals surface area contributed by atoms with Crippen molar-refractivity contribution in [2.24, 2.45) is 5.92 Å². The molecule has 1 fully saturated rings. The van der Waals surface area contributed by atoms with Crippen LogP contribution in [0.4, 0.5) is 11.4 Å². The average Bonchev–Trinajstić information content (AvgIpc) is 3.15. The summed E-state index contributed by atoms with van der Waals surface area (Å²) in [4.78, 5) is 38.5. The third-order valence-electron chi connectivity index (χ3n) is 4.70. The number of esters is 1. The quantitative estimate of drug-likeness (QED) is 0.625. The van der Waals surface area contributed by atoms with Gasteiger partial charge in [0, 0.05) is 23.7 Å². The Kier molecular flexibility index (Phi) is 7.36. The minimum Gasteiger partial charge on any atom is -0.495 e. The zero-order valence-corrected chi connectivity index (χ0v) is 18.0. The molecule has 1 saturated heterocycles. The van der Waals surface area contributed by atoms with E-state index in [1.807, 2.05) is 6.92 Å². The molecule has 1 aliphatic heterocycles. The number of rotatable bonds is 8. The SMILES string of the molecule is CCOc1ccc(N2CC(C(=O)OCC(=O)Nc3cc(Cl)ccc3OC)CC2=O)cc1. The maximum absolute atomic E-state index is 12.4. The first-order chi connectivity index (χ1) is 14.9. The Labute approximate surface area is 185 Å².